The van der Waals surface area contributed by atoms with Crippen LogP contribution in [0, 0.1) is 27.2 Å². The van der Waals surface area contributed by atoms with Crippen molar-refractivity contribution in [3.8, 4) is 0 Å². The van der Waals surface area contributed by atoms with Crippen LogP contribution in [0.3, 0.4) is 0 Å². The van der Waals surface area contributed by atoms with Crippen LogP contribution in [-0.2, 0) is 14.8 Å². The molecule has 0 spiro atoms. The van der Waals surface area contributed by atoms with Crippen molar-refractivity contribution in [2.24, 2.45) is 0 Å². The Balaban J connectivity index is 1.55. The number of amides is 1. The summed E-state index contributed by atoms with van der Waals surface area (Å²) in [6.45, 7) is 3.30. The molecular weight excluding hydrogens is 640 g/mol. The van der Waals surface area contributed by atoms with Gasteiger partial charge >= 0.3 is 17.3 Å². The molecule has 1 amide bonds. The number of hydrogen-bond donors (Lipinski definition) is 3. The summed E-state index contributed by atoms with van der Waals surface area (Å²) in [6.07, 6.45) is 0. The minimum atomic E-state index is -4.15. The minimum Gasteiger partial charge on any atom is -0.462 e. The SMILES string of the molecule is CCOC(=O)c1sc(NS(=O)(=O)c2ccc(NC(=O)c3cc([N+](=O)[O-])c(Nc4ccccc4Cl)c([N+](=O)[O-])c3)cc2)nc1C. The minimum absolute atomic E-state index is 0.0569. The summed E-state index contributed by atoms with van der Waals surface area (Å²) in [4.78, 5) is 50.9. The van der Waals surface area contributed by atoms with Gasteiger partial charge in [-0.2, -0.15) is 0 Å². The van der Waals surface area contributed by atoms with Gasteiger partial charge in [-0.25, -0.2) is 18.2 Å². The van der Waals surface area contributed by atoms with Crippen molar-refractivity contribution in [2.45, 2.75) is 18.7 Å². The number of anilines is 4. The number of para-hydroxylation sites is 1. The fourth-order valence-corrected chi connectivity index (χ4v) is 6.05. The first-order valence-electron chi connectivity index (χ1n) is 12.4. The topological polar surface area (TPSA) is 213 Å². The summed E-state index contributed by atoms with van der Waals surface area (Å²) >= 11 is 6.90. The number of nitrogens with zero attached hydrogens (tertiary/aromatic N) is 3. The first-order valence-corrected chi connectivity index (χ1v) is 15.1. The molecule has 0 aliphatic rings. The molecular formula is C26H21ClN6O9S2. The molecule has 4 rings (SSSR count). The number of sulfonamides is 1. The van der Waals surface area contributed by atoms with Crippen molar-refractivity contribution >= 4 is 78.4 Å². The van der Waals surface area contributed by atoms with E-state index in [0.717, 1.165) is 23.5 Å². The van der Waals surface area contributed by atoms with E-state index in [-0.39, 0.29) is 43.6 Å². The number of aryl methyl sites for hydroxylation is 1. The highest BCUT2D eigenvalue weighted by molar-refractivity contribution is 7.93. The molecule has 0 atom stereocenters. The van der Waals surface area contributed by atoms with Gasteiger partial charge in [0.2, 0.25) is 0 Å². The van der Waals surface area contributed by atoms with E-state index in [1.165, 1.54) is 43.3 Å². The van der Waals surface area contributed by atoms with E-state index >= 15 is 0 Å². The van der Waals surface area contributed by atoms with Crippen LogP contribution in [0.5, 0.6) is 0 Å². The predicted molar refractivity (Wildman–Crippen MR) is 162 cm³/mol. The molecule has 0 fully saturated rings. The van der Waals surface area contributed by atoms with E-state index in [9.17, 15) is 38.2 Å². The number of rotatable bonds is 11. The Morgan fingerprint density at radius 3 is 2.20 bits per heavy atom. The number of esters is 1. The van der Waals surface area contributed by atoms with Crippen molar-refractivity contribution < 1.29 is 32.6 Å². The number of benzene rings is 3. The second-order valence-corrected chi connectivity index (χ2v) is 11.8. The summed E-state index contributed by atoms with van der Waals surface area (Å²) in [5.41, 5.74) is -1.82. The summed E-state index contributed by atoms with van der Waals surface area (Å²) in [7, 11) is -4.15. The molecule has 18 heteroatoms. The van der Waals surface area contributed by atoms with Crippen LogP contribution in [0.2, 0.25) is 5.02 Å². The van der Waals surface area contributed by atoms with Crippen molar-refractivity contribution in [3.05, 3.63) is 102 Å². The van der Waals surface area contributed by atoms with Crippen LogP contribution >= 0.6 is 22.9 Å². The van der Waals surface area contributed by atoms with Crippen molar-refractivity contribution in [1.29, 1.82) is 0 Å². The lowest BCUT2D eigenvalue weighted by atomic mass is 10.1. The first kappa shape index (κ1) is 31.8. The van der Waals surface area contributed by atoms with Gasteiger partial charge in [-0.1, -0.05) is 35.1 Å². The number of thiazole rings is 1. The van der Waals surface area contributed by atoms with Gasteiger partial charge in [-0.05, 0) is 50.2 Å². The largest absolute Gasteiger partial charge is 0.462 e. The van der Waals surface area contributed by atoms with Crippen LogP contribution in [-0.4, -0.2) is 41.7 Å². The number of nitro benzene ring substituents is 2. The maximum absolute atomic E-state index is 13.0. The van der Waals surface area contributed by atoms with E-state index in [2.05, 4.69) is 20.3 Å². The molecule has 0 aliphatic carbocycles. The number of nitro groups is 2. The Morgan fingerprint density at radius 2 is 1.64 bits per heavy atom. The van der Waals surface area contributed by atoms with Gasteiger partial charge in [0.25, 0.3) is 15.9 Å². The molecule has 0 aliphatic heterocycles. The highest BCUT2D eigenvalue weighted by Gasteiger charge is 2.29. The molecule has 4 aromatic rings. The number of carbonyl (C=O) groups is 2. The lowest BCUT2D eigenvalue weighted by Crippen LogP contribution is -2.15. The summed E-state index contributed by atoms with van der Waals surface area (Å²) in [5, 5.41) is 28.8. The smallest absolute Gasteiger partial charge is 0.350 e. The molecule has 1 heterocycles. The molecule has 3 N–H and O–H groups in total. The second-order valence-electron chi connectivity index (χ2n) is 8.75. The fourth-order valence-electron chi connectivity index (χ4n) is 3.78. The van der Waals surface area contributed by atoms with Gasteiger partial charge in [0.1, 0.15) is 4.88 Å². The molecule has 0 saturated carbocycles. The quantitative estimate of drug-likeness (QED) is 0.0979. The number of hydrogen-bond acceptors (Lipinski definition) is 12. The zero-order valence-electron chi connectivity index (χ0n) is 22.7. The molecule has 1 aromatic heterocycles. The van der Waals surface area contributed by atoms with Crippen LogP contribution in [0.1, 0.15) is 32.6 Å². The van der Waals surface area contributed by atoms with Crippen molar-refractivity contribution in [3.63, 3.8) is 0 Å². The van der Waals surface area contributed by atoms with Crippen LogP contribution in [0.25, 0.3) is 0 Å². The number of ether oxygens (including phenoxy) is 1. The maximum atomic E-state index is 13.0. The Kier molecular flexibility index (Phi) is 9.41. The zero-order valence-corrected chi connectivity index (χ0v) is 25.1. The number of aromatic nitrogens is 1. The fraction of sp³-hybridized carbons (Fsp3) is 0.115. The van der Waals surface area contributed by atoms with E-state index in [0.29, 0.717) is 0 Å². The molecule has 3 aromatic carbocycles. The lowest BCUT2D eigenvalue weighted by Gasteiger charge is -2.11. The monoisotopic (exact) mass is 660 g/mol. The Hall–Kier alpha value is -5.13. The predicted octanol–water partition coefficient (Wildman–Crippen LogP) is 5.89. The average Bonchev–Trinajstić information content (AvgIpc) is 3.33. The molecule has 44 heavy (non-hydrogen) atoms. The van der Waals surface area contributed by atoms with Gasteiger partial charge in [0.15, 0.2) is 10.8 Å². The van der Waals surface area contributed by atoms with E-state index in [1.54, 1.807) is 19.1 Å². The maximum Gasteiger partial charge on any atom is 0.350 e. The molecule has 228 valence electrons. The van der Waals surface area contributed by atoms with Gasteiger partial charge in [0.05, 0.1) is 43.3 Å². The summed E-state index contributed by atoms with van der Waals surface area (Å²) < 4.78 is 32.9. The van der Waals surface area contributed by atoms with Crippen molar-refractivity contribution in [1.82, 2.24) is 4.98 Å². The summed E-state index contributed by atoms with van der Waals surface area (Å²) in [6, 6.07) is 12.7. The normalized spacial score (nSPS) is 11.0. The Bertz CT molecular complexity index is 1860. The molecule has 0 saturated heterocycles. The second kappa shape index (κ2) is 13.0. The van der Waals surface area contributed by atoms with Gasteiger partial charge in [0, 0.05) is 17.8 Å². The van der Waals surface area contributed by atoms with Crippen LogP contribution < -0.4 is 15.4 Å². The molecule has 0 unspecified atom stereocenters. The Morgan fingerprint density at radius 1 is 1.02 bits per heavy atom. The number of nitrogens with one attached hydrogen (secondary N) is 3. The molecule has 0 radical (unpaired) electrons. The number of halogens is 1. The highest BCUT2D eigenvalue weighted by Crippen LogP contribution is 2.39. The first-order chi connectivity index (χ1) is 20.8. The van der Waals surface area contributed by atoms with Crippen LogP contribution in [0.15, 0.2) is 65.6 Å². The van der Waals surface area contributed by atoms with Crippen LogP contribution in [0.4, 0.5) is 33.6 Å². The van der Waals surface area contributed by atoms with E-state index in [4.69, 9.17) is 16.3 Å². The van der Waals surface area contributed by atoms with Gasteiger partial charge < -0.3 is 15.4 Å². The third kappa shape index (κ3) is 7.08. The third-order valence-electron chi connectivity index (χ3n) is 5.79. The average molecular weight is 661 g/mol. The highest BCUT2D eigenvalue weighted by atomic mass is 35.5. The van der Waals surface area contributed by atoms with E-state index < -0.39 is 54.4 Å². The molecule has 0 bridgehead atoms. The Labute approximate surface area is 258 Å². The van der Waals surface area contributed by atoms with Crippen molar-refractivity contribution in [2.75, 3.05) is 22.0 Å². The third-order valence-corrected chi connectivity index (χ3v) is 8.65. The standard InChI is InChI=1S/C26H21ClN6O9S2/c1-3-42-25(35)23-14(2)28-26(43-23)31-44(40,41)17-10-8-16(9-11-17)29-24(34)15-12-20(32(36)37)22(21(13-15)33(38)39)30-19-7-5-4-6-18(19)27/h4-13,30H,3H2,1-2H3,(H,28,31)(H,29,34). The number of carbonyl (C=O) groups excluding carboxylic acids is 2. The van der Waals surface area contributed by atoms with Gasteiger partial charge in [-0.3, -0.25) is 29.7 Å². The van der Waals surface area contributed by atoms with E-state index in [1.807, 2.05) is 0 Å². The summed E-state index contributed by atoms with van der Waals surface area (Å²) in [5.74, 6) is -1.56. The molecule has 15 nitrogen and oxygen atoms in total. The lowest BCUT2D eigenvalue weighted by molar-refractivity contribution is -0.392. The van der Waals surface area contributed by atoms with Gasteiger partial charge in [-0.15, -0.1) is 0 Å². The zero-order chi connectivity index (χ0) is 32.2.